The fourth-order valence-electron chi connectivity index (χ4n) is 1.70. The number of aromatic nitrogens is 3. The molecule has 6 heteroatoms. The van der Waals surface area contributed by atoms with Gasteiger partial charge < -0.3 is 14.6 Å². The lowest BCUT2D eigenvalue weighted by Crippen LogP contribution is -2.29. The first-order chi connectivity index (χ1) is 8.69. The van der Waals surface area contributed by atoms with Gasteiger partial charge in [0.05, 0.1) is 12.6 Å². The molecule has 18 heavy (non-hydrogen) atoms. The van der Waals surface area contributed by atoms with Gasteiger partial charge >= 0.3 is 0 Å². The molecule has 0 aromatic carbocycles. The van der Waals surface area contributed by atoms with Crippen molar-refractivity contribution in [2.75, 3.05) is 13.2 Å². The smallest absolute Gasteiger partial charge is 0.222 e. The Morgan fingerprint density at radius 3 is 3.00 bits per heavy atom. The first-order valence-electron chi connectivity index (χ1n) is 6.43. The van der Waals surface area contributed by atoms with Crippen LogP contribution in [0.15, 0.2) is 6.33 Å². The van der Waals surface area contributed by atoms with E-state index in [1.807, 2.05) is 18.4 Å². The van der Waals surface area contributed by atoms with Crippen molar-refractivity contribution in [1.82, 2.24) is 20.1 Å². The summed E-state index contributed by atoms with van der Waals surface area (Å²) in [5.74, 6) is 0.767. The largest absolute Gasteiger partial charge is 0.381 e. The first kappa shape index (κ1) is 14.6. The number of hydrogen-bond acceptors (Lipinski definition) is 4. The van der Waals surface area contributed by atoms with Crippen LogP contribution in [0.4, 0.5) is 0 Å². The number of rotatable bonds is 8. The third-order valence-corrected chi connectivity index (χ3v) is 2.55. The van der Waals surface area contributed by atoms with E-state index in [0.29, 0.717) is 19.6 Å². The molecule has 0 unspecified atom stereocenters. The summed E-state index contributed by atoms with van der Waals surface area (Å²) in [4.78, 5) is 11.6. The van der Waals surface area contributed by atoms with Crippen molar-refractivity contribution < 1.29 is 9.53 Å². The predicted molar refractivity (Wildman–Crippen MR) is 68.0 cm³/mol. The molecule has 1 amide bonds. The zero-order valence-electron chi connectivity index (χ0n) is 11.3. The minimum atomic E-state index is -0.131. The summed E-state index contributed by atoms with van der Waals surface area (Å²) in [6.45, 7) is 7.86. The number of amides is 1. The molecule has 0 bridgehead atoms. The molecule has 0 radical (unpaired) electrons. The Bertz CT molecular complexity index is 365. The number of hydrogen-bond donors (Lipinski definition) is 1. The van der Waals surface area contributed by atoms with E-state index >= 15 is 0 Å². The van der Waals surface area contributed by atoms with E-state index in [9.17, 15) is 4.79 Å². The minimum Gasteiger partial charge on any atom is -0.381 e. The standard InChI is InChI=1S/C12H22N4O2/c1-4-7-16-9-13-15-12(16)10(3)14-11(17)6-8-18-5-2/h9-10H,4-8H2,1-3H3,(H,14,17)/t10-/m0/s1. The van der Waals surface area contributed by atoms with Crippen molar-refractivity contribution in [3.05, 3.63) is 12.2 Å². The van der Waals surface area contributed by atoms with E-state index in [1.165, 1.54) is 0 Å². The van der Waals surface area contributed by atoms with Crippen LogP contribution in [-0.2, 0) is 16.1 Å². The van der Waals surface area contributed by atoms with Gasteiger partial charge in [-0.2, -0.15) is 0 Å². The maximum atomic E-state index is 11.6. The molecular weight excluding hydrogens is 232 g/mol. The van der Waals surface area contributed by atoms with Crippen molar-refractivity contribution in [3.8, 4) is 0 Å². The van der Waals surface area contributed by atoms with Gasteiger partial charge in [0, 0.05) is 19.6 Å². The molecule has 1 aromatic rings. The Balaban J connectivity index is 2.46. The Morgan fingerprint density at radius 2 is 2.33 bits per heavy atom. The van der Waals surface area contributed by atoms with Crippen LogP contribution in [0, 0.1) is 0 Å². The fourth-order valence-corrected chi connectivity index (χ4v) is 1.70. The minimum absolute atomic E-state index is 0.0259. The zero-order valence-corrected chi connectivity index (χ0v) is 11.3. The van der Waals surface area contributed by atoms with Crippen LogP contribution in [0.2, 0.25) is 0 Å². The van der Waals surface area contributed by atoms with E-state index in [0.717, 1.165) is 18.8 Å². The number of nitrogens with one attached hydrogen (secondary N) is 1. The van der Waals surface area contributed by atoms with Gasteiger partial charge in [-0.3, -0.25) is 4.79 Å². The van der Waals surface area contributed by atoms with E-state index in [4.69, 9.17) is 4.74 Å². The van der Waals surface area contributed by atoms with Gasteiger partial charge in [0.15, 0.2) is 5.82 Å². The van der Waals surface area contributed by atoms with E-state index in [2.05, 4.69) is 22.4 Å². The first-order valence-corrected chi connectivity index (χ1v) is 6.43. The second kappa shape index (κ2) is 7.81. The monoisotopic (exact) mass is 254 g/mol. The quantitative estimate of drug-likeness (QED) is 0.710. The number of carbonyl (C=O) groups is 1. The molecule has 6 nitrogen and oxygen atoms in total. The van der Waals surface area contributed by atoms with Crippen LogP contribution in [0.5, 0.6) is 0 Å². The van der Waals surface area contributed by atoms with Gasteiger partial charge in [-0.1, -0.05) is 6.92 Å². The van der Waals surface area contributed by atoms with Crippen LogP contribution in [0.25, 0.3) is 0 Å². The number of aryl methyl sites for hydroxylation is 1. The Kier molecular flexibility index (Phi) is 6.35. The zero-order chi connectivity index (χ0) is 13.4. The van der Waals surface area contributed by atoms with Crippen LogP contribution < -0.4 is 5.32 Å². The number of carbonyl (C=O) groups excluding carboxylic acids is 1. The summed E-state index contributed by atoms with van der Waals surface area (Å²) in [6, 6.07) is -0.131. The summed E-state index contributed by atoms with van der Waals surface area (Å²) in [5.41, 5.74) is 0. The normalized spacial score (nSPS) is 12.4. The van der Waals surface area contributed by atoms with Gasteiger partial charge in [0.25, 0.3) is 0 Å². The molecule has 1 atom stereocenters. The molecule has 0 fully saturated rings. The predicted octanol–water partition coefficient (Wildman–Crippen LogP) is 1.29. The molecule has 0 aliphatic rings. The number of ether oxygens (including phenoxy) is 1. The Hall–Kier alpha value is -1.43. The molecule has 0 spiro atoms. The molecular formula is C12H22N4O2. The van der Waals surface area contributed by atoms with E-state index in [-0.39, 0.29) is 11.9 Å². The maximum Gasteiger partial charge on any atom is 0.222 e. The summed E-state index contributed by atoms with van der Waals surface area (Å²) >= 11 is 0. The summed E-state index contributed by atoms with van der Waals surface area (Å²) in [6.07, 6.45) is 3.08. The number of nitrogens with zero attached hydrogens (tertiary/aromatic N) is 3. The summed E-state index contributed by atoms with van der Waals surface area (Å²) in [5, 5.41) is 10.8. The fraction of sp³-hybridized carbons (Fsp3) is 0.750. The average Bonchev–Trinajstić information content (AvgIpc) is 2.78. The van der Waals surface area contributed by atoms with E-state index < -0.39 is 0 Å². The van der Waals surface area contributed by atoms with Gasteiger partial charge in [0.1, 0.15) is 6.33 Å². The summed E-state index contributed by atoms with van der Waals surface area (Å²) in [7, 11) is 0. The lowest BCUT2D eigenvalue weighted by Gasteiger charge is -2.14. The molecule has 0 saturated heterocycles. The van der Waals surface area contributed by atoms with Gasteiger partial charge in [-0.05, 0) is 20.3 Å². The lowest BCUT2D eigenvalue weighted by atomic mass is 10.3. The van der Waals surface area contributed by atoms with Crippen molar-refractivity contribution >= 4 is 5.91 Å². The third kappa shape index (κ3) is 4.44. The lowest BCUT2D eigenvalue weighted by molar-refractivity contribution is -0.122. The van der Waals surface area contributed by atoms with Crippen molar-refractivity contribution in [2.24, 2.45) is 0 Å². The third-order valence-electron chi connectivity index (χ3n) is 2.55. The highest BCUT2D eigenvalue weighted by atomic mass is 16.5. The highest BCUT2D eigenvalue weighted by Crippen LogP contribution is 2.09. The molecule has 102 valence electrons. The Labute approximate surface area is 108 Å². The second-order valence-corrected chi connectivity index (χ2v) is 4.12. The molecule has 1 N–H and O–H groups in total. The van der Waals surface area contributed by atoms with Gasteiger partial charge in [-0.15, -0.1) is 10.2 Å². The van der Waals surface area contributed by atoms with Crippen LogP contribution in [0.3, 0.4) is 0 Å². The highest BCUT2D eigenvalue weighted by Gasteiger charge is 2.14. The topological polar surface area (TPSA) is 69.0 Å². The molecule has 1 heterocycles. The molecule has 1 aromatic heterocycles. The maximum absolute atomic E-state index is 11.6. The van der Waals surface area contributed by atoms with Crippen molar-refractivity contribution in [2.45, 2.75) is 46.2 Å². The van der Waals surface area contributed by atoms with Crippen LogP contribution in [0.1, 0.15) is 45.5 Å². The van der Waals surface area contributed by atoms with Gasteiger partial charge in [0.2, 0.25) is 5.91 Å². The van der Waals surface area contributed by atoms with E-state index in [1.54, 1.807) is 6.33 Å². The Morgan fingerprint density at radius 1 is 1.56 bits per heavy atom. The van der Waals surface area contributed by atoms with Crippen LogP contribution >= 0.6 is 0 Å². The summed E-state index contributed by atoms with van der Waals surface area (Å²) < 4.78 is 7.11. The molecule has 0 aliphatic heterocycles. The molecule has 0 saturated carbocycles. The SMILES string of the molecule is CCCn1cnnc1[C@H](C)NC(=O)CCOCC. The second-order valence-electron chi connectivity index (χ2n) is 4.12. The van der Waals surface area contributed by atoms with Crippen molar-refractivity contribution in [3.63, 3.8) is 0 Å². The molecule has 1 rings (SSSR count). The van der Waals surface area contributed by atoms with Crippen LogP contribution in [-0.4, -0.2) is 33.9 Å². The average molecular weight is 254 g/mol. The van der Waals surface area contributed by atoms with Gasteiger partial charge in [-0.25, -0.2) is 0 Å². The van der Waals surface area contributed by atoms with Crippen molar-refractivity contribution in [1.29, 1.82) is 0 Å². The molecule has 0 aliphatic carbocycles. The highest BCUT2D eigenvalue weighted by molar-refractivity contribution is 5.76.